The van der Waals surface area contributed by atoms with Gasteiger partial charge in [0, 0.05) is 112 Å². The van der Waals surface area contributed by atoms with Crippen LogP contribution in [0.25, 0.3) is 43.6 Å². The quantitative estimate of drug-likeness (QED) is 0.0146. The van der Waals surface area contributed by atoms with E-state index in [1.54, 1.807) is 116 Å². The molecule has 109 heavy (non-hydrogen) atoms. The fraction of sp³-hybridized carbons (Fsp3) is 0.400. The number of nitrogens with zero attached hydrogens (tertiary/aromatic N) is 12. The molecule has 8 heterocycles. The van der Waals surface area contributed by atoms with Gasteiger partial charge in [0.05, 0.1) is 42.9 Å². The van der Waals surface area contributed by atoms with E-state index in [9.17, 15) is 78.3 Å². The molecule has 41 nitrogen and oxygen atoms in total. The molecule has 4 fully saturated rings. The van der Waals surface area contributed by atoms with E-state index in [2.05, 4.69) is 62.1 Å². The number of carbonyl (C=O) groups is 11. The van der Waals surface area contributed by atoms with Crippen LogP contribution >= 0.6 is 22.6 Å². The minimum Gasteiger partial charge on any atom is -1.00 e. The molecule has 44 heteroatoms. The molecule has 0 saturated carbocycles. The molecule has 8 amide bonds. The van der Waals surface area contributed by atoms with Crippen molar-refractivity contribution in [2.45, 2.75) is 142 Å². The van der Waals surface area contributed by atoms with Crippen molar-refractivity contribution in [3.8, 4) is 0 Å². The number of ether oxygens (including phenoxy) is 2. The van der Waals surface area contributed by atoms with Crippen molar-refractivity contribution in [3.05, 3.63) is 107 Å². The Balaban J connectivity index is 0.000000358. The van der Waals surface area contributed by atoms with E-state index in [-0.39, 0.29) is 241 Å². The summed E-state index contributed by atoms with van der Waals surface area (Å²) >= 11 is 1.97. The number of nitrogen functional groups attached to an aromatic ring is 1. The third-order valence-electron chi connectivity index (χ3n) is 15.8. The molecule has 574 valence electrons. The second-order valence-corrected chi connectivity index (χ2v) is 26.4. The number of aromatic amines is 2. The Bertz CT molecular complexity index is 4780. The third kappa shape index (κ3) is 25.2. The fourth-order valence-corrected chi connectivity index (χ4v) is 11.4. The molecule has 0 bridgehead atoms. The van der Waals surface area contributed by atoms with Gasteiger partial charge in [-0.15, -0.1) is 5.10 Å². The number of likely N-dealkylation sites (N-methyl/N-ethyl adjacent to an activating group) is 4. The number of anilines is 4. The maximum absolute atomic E-state index is 12.6. The summed E-state index contributed by atoms with van der Waals surface area (Å²) in [6, 6.07) is 16.3. The first-order valence-corrected chi connectivity index (χ1v) is 33.4. The van der Waals surface area contributed by atoms with Gasteiger partial charge in [0.25, 0.3) is 23.5 Å². The number of hydrogen-bond acceptors (Lipinski definition) is 30. The molecule has 4 atom stereocenters. The van der Waals surface area contributed by atoms with Crippen LogP contribution in [0.4, 0.5) is 49.8 Å². The number of piperidine rings is 4. The zero-order valence-electron chi connectivity index (χ0n) is 63.6. The van der Waals surface area contributed by atoms with Crippen molar-refractivity contribution in [1.29, 1.82) is 0 Å². The molecule has 8 aromatic rings. The predicted octanol–water partition coefficient (Wildman–Crippen LogP) is -1.01. The number of nitro groups is 3. The van der Waals surface area contributed by atoms with Gasteiger partial charge in [-0.1, -0.05) is 13.8 Å². The van der Waals surface area contributed by atoms with Crippen LogP contribution in [0, 0.1) is 34.0 Å². The number of nitrogens with one attached hydrogen (secondary N) is 7. The van der Waals surface area contributed by atoms with Crippen LogP contribution in [0.1, 0.15) is 110 Å². The molecule has 4 unspecified atom stereocenters. The summed E-state index contributed by atoms with van der Waals surface area (Å²) < 4.78 is 19.4. The standard InChI is InChI=1S/C18H21N5O6.C13H13N5O4.C13H15N5O2.C12H12IN3O4.C6H10N2O2.C2H6.CH2O3.2Cs.H/c1-18(2,3)29-17(26)22-13-9-10(23(27)28)5-6-11(13)15(20-22)21(4)12-7-8-14(24)19-16(12)25;1-17(10-4-5-11(19)14-13(10)20)12-8-3-2-7(18(21)22)6-9(8)15-16-12;1-18(10-4-5-11(19)15-13(10)20)12-8-3-2-7(14)6-9(8)16-17-12;1-12(2,3)20-11(17)15-9-6-7(16(18)19)4-5-8(9)10(13)14-15;1-7-4-2-3-5(9)8-6(4)10;1-2;2-1-4-3;;;/h5-6,9,12H,7-8H2,1-4H3,(H,19,24,25);2-3,6,10H,4-5H2,1H3,(H,15,16)(H,14,19,20);2-3,6,10H,4-5,14H2,1H3,(H,16,17)(H,15,19,20);4-6H,1-3H3;4,7H,2-3H2,1H3,(H,8,9,10);1-2H3;1,3H;;;/q;;;;;;;2*+1;-1/p-1/i;;;;;1D;;;;. The normalized spacial score (nSPS) is 16.7. The van der Waals surface area contributed by atoms with E-state index in [4.69, 9.17) is 26.6 Å². The van der Waals surface area contributed by atoms with Gasteiger partial charge in [-0.2, -0.15) is 24.7 Å². The SMILES string of the molecule is CC(C)(C)OC(=O)n1nc(I)c2ccc([N+](=O)[O-])cc21.CN(c1n[nH]c2cc(N)ccc12)C1CCC(=O)NC1=O.CN(c1n[nH]c2cc([N+](=O)[O-])ccc12)C1CCC(=O)NC1=O.CN(c1nn(C(=O)OC(C)(C)C)c2cc([N+](=O)[O-])ccc12)C1CCC(=O)NC1=O.CNC1CCC(=O)NC1=O.O=CO[O-].[2H]CC.[Cs+].[Cs+].[H-]. The van der Waals surface area contributed by atoms with Crippen molar-refractivity contribution >= 4 is 172 Å². The van der Waals surface area contributed by atoms with Gasteiger partial charge >= 0.3 is 150 Å². The molecule has 4 aliphatic rings. The van der Waals surface area contributed by atoms with Gasteiger partial charge in [0.2, 0.25) is 47.3 Å². The Kier molecular flexibility index (Phi) is 35.1. The van der Waals surface area contributed by atoms with Gasteiger partial charge in [-0.3, -0.25) is 105 Å². The number of carbonyl (C=O) groups excluding carboxylic acids is 11. The average molecular weight is 1870 g/mol. The van der Waals surface area contributed by atoms with Crippen LogP contribution < -0.4 is 190 Å². The van der Waals surface area contributed by atoms with Crippen LogP contribution in [0.15, 0.2) is 72.8 Å². The molecule has 4 saturated heterocycles. The summed E-state index contributed by atoms with van der Waals surface area (Å²) in [5.74, 6) is -0.881. The van der Waals surface area contributed by atoms with E-state index in [1.807, 2.05) is 28.7 Å². The summed E-state index contributed by atoms with van der Waals surface area (Å²) in [5, 5.41) is 78.3. The van der Waals surface area contributed by atoms with Crippen LogP contribution in [0.3, 0.4) is 0 Å². The maximum Gasteiger partial charge on any atom is 1.00 e. The molecule has 0 radical (unpaired) electrons. The van der Waals surface area contributed by atoms with Gasteiger partial charge in [-0.05, 0) is 133 Å². The number of fused-ring (bicyclic) bond motifs is 4. The molecule has 4 aromatic carbocycles. The first-order chi connectivity index (χ1) is 50.8. The van der Waals surface area contributed by atoms with E-state index >= 15 is 0 Å². The van der Waals surface area contributed by atoms with E-state index in [1.165, 1.54) is 42.5 Å². The molecule has 9 N–H and O–H groups in total. The number of rotatable bonds is 11. The number of benzene rings is 4. The van der Waals surface area contributed by atoms with Crippen molar-refractivity contribution in [2.24, 2.45) is 0 Å². The van der Waals surface area contributed by atoms with Crippen molar-refractivity contribution < 1.29 is 228 Å². The average Bonchev–Trinajstić information content (AvgIpc) is 1.62. The number of imide groups is 4. The first kappa shape index (κ1) is 91.5. The van der Waals surface area contributed by atoms with Gasteiger partial charge < -0.3 is 46.8 Å². The molecule has 0 spiro atoms. The number of amides is 8. The van der Waals surface area contributed by atoms with E-state index < -0.39 is 62.2 Å². The zero-order chi connectivity index (χ0) is 80.4. The minimum absolute atomic E-state index is 0. The number of aromatic nitrogens is 8. The largest absolute Gasteiger partial charge is 1.00 e. The Morgan fingerprint density at radius 1 is 0.587 bits per heavy atom. The number of nitrogens with two attached hydrogens (primary N) is 1. The van der Waals surface area contributed by atoms with Crippen molar-refractivity contribution in [3.63, 3.8) is 0 Å². The Labute approximate surface area is 754 Å². The van der Waals surface area contributed by atoms with Crippen LogP contribution in [-0.2, 0) is 57.5 Å². The predicted molar refractivity (Wildman–Crippen MR) is 391 cm³/mol. The Morgan fingerprint density at radius 3 is 1.30 bits per heavy atom. The molecular formula is C65H79Cs2IN20O21. The van der Waals surface area contributed by atoms with Crippen LogP contribution in [0.2, 0.25) is 0 Å². The maximum atomic E-state index is 12.6. The Hall–Kier alpha value is -8.12. The first-order valence-electron chi connectivity index (χ1n) is 33.0. The smallest absolute Gasteiger partial charge is 1.00 e. The topological polar surface area (TPSA) is 557 Å². The molecule has 0 aliphatic carbocycles. The number of hydrogen-bond donors (Lipinski definition) is 8. The van der Waals surface area contributed by atoms with E-state index in [0.29, 0.717) is 87.2 Å². The van der Waals surface area contributed by atoms with Gasteiger partial charge in [0.15, 0.2) is 17.5 Å². The second-order valence-electron chi connectivity index (χ2n) is 25.4. The summed E-state index contributed by atoms with van der Waals surface area (Å²) in [6.45, 7) is 12.4. The van der Waals surface area contributed by atoms with Crippen LogP contribution in [0.5, 0.6) is 0 Å². The summed E-state index contributed by atoms with van der Waals surface area (Å²) in [5.41, 5.74) is 6.44. The van der Waals surface area contributed by atoms with E-state index in [0.717, 1.165) is 20.3 Å². The Morgan fingerprint density at radius 2 is 0.927 bits per heavy atom. The number of halogens is 1. The monoisotopic (exact) mass is 1870 g/mol. The van der Waals surface area contributed by atoms with Crippen molar-refractivity contribution in [2.75, 3.05) is 48.6 Å². The summed E-state index contributed by atoms with van der Waals surface area (Å²) in [4.78, 5) is 163. The number of nitro benzene ring substituents is 3. The number of H-pyrrole nitrogens is 2. The summed E-state index contributed by atoms with van der Waals surface area (Å²) in [7, 11) is 6.83. The zero-order valence-corrected chi connectivity index (χ0v) is 76.3. The second kappa shape index (κ2) is 41.8. The molecular weight excluding hydrogens is 1790 g/mol. The third-order valence-corrected chi connectivity index (χ3v) is 16.6. The van der Waals surface area contributed by atoms with Crippen molar-refractivity contribution in [1.82, 2.24) is 66.5 Å². The fourth-order valence-electron chi connectivity index (χ4n) is 10.8. The minimum atomic E-state index is -0.800. The summed E-state index contributed by atoms with van der Waals surface area (Å²) in [6.07, 6.45) is 1.57. The van der Waals surface area contributed by atoms with Crippen LogP contribution in [-0.4, -0.2) is 184 Å². The molecule has 12 rings (SSSR count). The van der Waals surface area contributed by atoms with Gasteiger partial charge in [0.1, 0.15) is 33.0 Å². The molecule has 4 aromatic heterocycles. The number of non-ortho nitro benzene ring substituents is 3. The molecule has 4 aliphatic heterocycles. The van der Waals surface area contributed by atoms with Gasteiger partial charge in [-0.25, -0.2) is 9.59 Å².